The van der Waals surface area contributed by atoms with Crippen LogP contribution in [0.5, 0.6) is 0 Å². The Morgan fingerprint density at radius 1 is 1.12 bits per heavy atom. The van der Waals surface area contributed by atoms with Crippen molar-refractivity contribution in [3.05, 3.63) is 48.2 Å². The Hall–Kier alpha value is -3.00. The molecule has 0 radical (unpaired) electrons. The van der Waals surface area contributed by atoms with Crippen molar-refractivity contribution in [2.24, 2.45) is 0 Å². The van der Waals surface area contributed by atoms with Gasteiger partial charge in [0.1, 0.15) is 11.3 Å². The number of aromatic nitrogens is 4. The molecule has 1 N–H and O–H groups in total. The first-order valence-electron chi connectivity index (χ1n) is 8.62. The topological polar surface area (TPSA) is 78.7 Å². The fourth-order valence-corrected chi connectivity index (χ4v) is 3.13. The first kappa shape index (κ1) is 16.5. The van der Waals surface area contributed by atoms with E-state index in [0.717, 1.165) is 31.8 Å². The maximum atomic E-state index is 12.7. The van der Waals surface area contributed by atoms with E-state index in [1.807, 2.05) is 31.3 Å². The maximum absolute atomic E-state index is 12.7. The van der Waals surface area contributed by atoms with Gasteiger partial charge in [-0.05, 0) is 26.1 Å². The molecular formula is C18H21N7O. The van der Waals surface area contributed by atoms with Gasteiger partial charge in [0, 0.05) is 32.4 Å². The molecule has 8 heteroatoms. The van der Waals surface area contributed by atoms with E-state index in [9.17, 15) is 4.79 Å². The van der Waals surface area contributed by atoms with E-state index in [4.69, 9.17) is 0 Å². The van der Waals surface area contributed by atoms with Crippen LogP contribution in [-0.2, 0) is 0 Å². The number of likely N-dealkylation sites (N-methyl/N-ethyl adjacent to an activating group) is 1. The van der Waals surface area contributed by atoms with Crippen LogP contribution in [0.3, 0.4) is 0 Å². The second kappa shape index (κ2) is 6.72. The van der Waals surface area contributed by atoms with E-state index in [1.165, 1.54) is 0 Å². The van der Waals surface area contributed by atoms with Crippen molar-refractivity contribution in [1.29, 1.82) is 0 Å². The van der Waals surface area contributed by atoms with E-state index < -0.39 is 0 Å². The third-order valence-electron chi connectivity index (χ3n) is 4.60. The lowest BCUT2D eigenvalue weighted by Gasteiger charge is -2.32. The van der Waals surface area contributed by atoms with Gasteiger partial charge in [-0.1, -0.05) is 6.07 Å². The second-order valence-electron chi connectivity index (χ2n) is 6.49. The van der Waals surface area contributed by atoms with Gasteiger partial charge in [-0.15, -0.1) is 0 Å². The fourth-order valence-electron chi connectivity index (χ4n) is 3.13. The molecule has 1 aliphatic rings. The summed E-state index contributed by atoms with van der Waals surface area (Å²) >= 11 is 0. The molecule has 0 saturated carbocycles. The van der Waals surface area contributed by atoms with E-state index >= 15 is 0 Å². The van der Waals surface area contributed by atoms with Gasteiger partial charge >= 0.3 is 0 Å². The highest BCUT2D eigenvalue weighted by molar-refractivity contribution is 6.04. The van der Waals surface area contributed by atoms with Gasteiger partial charge < -0.3 is 15.1 Å². The lowest BCUT2D eigenvalue weighted by atomic mass is 10.3. The number of hydrogen-bond acceptors (Lipinski definition) is 6. The van der Waals surface area contributed by atoms with Crippen molar-refractivity contribution in [1.82, 2.24) is 24.3 Å². The smallest absolute Gasteiger partial charge is 0.274 e. The lowest BCUT2D eigenvalue weighted by Crippen LogP contribution is -2.45. The third kappa shape index (κ3) is 3.11. The Morgan fingerprint density at radius 2 is 1.85 bits per heavy atom. The third-order valence-corrected chi connectivity index (χ3v) is 4.60. The van der Waals surface area contributed by atoms with Crippen LogP contribution in [0, 0.1) is 6.92 Å². The molecule has 1 saturated heterocycles. The Balaban J connectivity index is 1.50. The number of carbonyl (C=O) groups excluding carboxylic acids is 1. The van der Waals surface area contributed by atoms with Crippen LogP contribution in [0.1, 0.15) is 16.2 Å². The molecular weight excluding hydrogens is 330 g/mol. The largest absolute Gasteiger partial charge is 0.338 e. The Bertz CT molecular complexity index is 926. The first-order valence-corrected chi connectivity index (χ1v) is 8.62. The number of piperazine rings is 1. The zero-order valence-electron chi connectivity index (χ0n) is 14.9. The van der Waals surface area contributed by atoms with Gasteiger partial charge in [-0.3, -0.25) is 9.20 Å². The molecule has 1 amide bonds. The van der Waals surface area contributed by atoms with E-state index in [1.54, 1.807) is 16.8 Å². The molecule has 0 atom stereocenters. The molecule has 0 bridgehead atoms. The number of rotatable bonds is 3. The molecule has 0 unspecified atom stereocenters. The number of carbonyl (C=O) groups is 1. The SMILES string of the molecule is Cc1nc2ccccn2c1C(=O)Nc1cnc(N2CCN(C)CC2)nc1. The molecule has 26 heavy (non-hydrogen) atoms. The maximum Gasteiger partial charge on any atom is 0.274 e. The second-order valence-corrected chi connectivity index (χ2v) is 6.49. The monoisotopic (exact) mass is 351 g/mol. The van der Waals surface area contributed by atoms with Gasteiger partial charge in [-0.2, -0.15) is 0 Å². The molecule has 134 valence electrons. The highest BCUT2D eigenvalue weighted by Gasteiger charge is 2.18. The summed E-state index contributed by atoms with van der Waals surface area (Å²) in [6.45, 7) is 5.63. The summed E-state index contributed by atoms with van der Waals surface area (Å²) in [6.07, 6.45) is 5.13. The number of amides is 1. The fraction of sp³-hybridized carbons (Fsp3) is 0.333. The Morgan fingerprint density at radius 3 is 2.58 bits per heavy atom. The predicted molar refractivity (Wildman–Crippen MR) is 99.6 cm³/mol. The number of nitrogens with one attached hydrogen (secondary N) is 1. The summed E-state index contributed by atoms with van der Waals surface area (Å²) in [7, 11) is 2.11. The van der Waals surface area contributed by atoms with Crippen LogP contribution in [0.15, 0.2) is 36.8 Å². The summed E-state index contributed by atoms with van der Waals surface area (Å²) in [4.78, 5) is 30.4. The van der Waals surface area contributed by atoms with Crippen LogP contribution in [0.25, 0.3) is 5.65 Å². The quantitative estimate of drug-likeness (QED) is 0.769. The Kier molecular flexibility index (Phi) is 4.26. The molecule has 4 rings (SSSR count). The van der Waals surface area contributed by atoms with E-state index in [0.29, 0.717) is 23.0 Å². The number of hydrogen-bond donors (Lipinski definition) is 1. The average molecular weight is 351 g/mol. The molecule has 0 aliphatic carbocycles. The van der Waals surface area contributed by atoms with Crippen molar-refractivity contribution >= 4 is 23.2 Å². The summed E-state index contributed by atoms with van der Waals surface area (Å²) in [5.41, 5.74) is 2.52. The van der Waals surface area contributed by atoms with Gasteiger partial charge in [0.25, 0.3) is 5.91 Å². The summed E-state index contributed by atoms with van der Waals surface area (Å²) < 4.78 is 1.78. The van der Waals surface area contributed by atoms with E-state index in [2.05, 4.69) is 37.1 Å². The highest BCUT2D eigenvalue weighted by Crippen LogP contribution is 2.16. The zero-order valence-corrected chi connectivity index (χ0v) is 14.9. The molecule has 3 aromatic heterocycles. The van der Waals surface area contributed by atoms with Gasteiger partial charge in [-0.25, -0.2) is 15.0 Å². The van der Waals surface area contributed by atoms with Crippen molar-refractivity contribution in [3.63, 3.8) is 0 Å². The molecule has 8 nitrogen and oxygen atoms in total. The van der Waals surface area contributed by atoms with Crippen LogP contribution >= 0.6 is 0 Å². The summed E-state index contributed by atoms with van der Waals surface area (Å²) in [6, 6.07) is 5.64. The van der Waals surface area contributed by atoms with Crippen LogP contribution < -0.4 is 10.2 Å². The average Bonchev–Trinajstić information content (AvgIpc) is 2.99. The van der Waals surface area contributed by atoms with Gasteiger partial charge in [0.05, 0.1) is 23.8 Å². The highest BCUT2D eigenvalue weighted by atomic mass is 16.2. The van der Waals surface area contributed by atoms with Gasteiger partial charge in [0.15, 0.2) is 0 Å². The number of anilines is 2. The number of aryl methyl sites for hydroxylation is 1. The summed E-state index contributed by atoms with van der Waals surface area (Å²) in [5, 5.41) is 2.86. The van der Waals surface area contributed by atoms with Crippen molar-refractivity contribution in [3.8, 4) is 0 Å². The summed E-state index contributed by atoms with van der Waals surface area (Å²) in [5.74, 6) is 0.472. The predicted octanol–water partition coefficient (Wildman–Crippen LogP) is 1.44. The van der Waals surface area contributed by atoms with Crippen molar-refractivity contribution in [2.45, 2.75) is 6.92 Å². The van der Waals surface area contributed by atoms with E-state index in [-0.39, 0.29) is 5.91 Å². The number of nitrogens with zero attached hydrogens (tertiary/aromatic N) is 6. The molecule has 1 fully saturated rings. The minimum absolute atomic E-state index is 0.225. The molecule has 0 spiro atoms. The normalized spacial score (nSPS) is 15.4. The van der Waals surface area contributed by atoms with Gasteiger partial charge in [0.2, 0.25) is 5.95 Å². The zero-order chi connectivity index (χ0) is 18.1. The first-order chi connectivity index (χ1) is 12.6. The number of imidazole rings is 1. The number of fused-ring (bicyclic) bond motifs is 1. The molecule has 1 aliphatic heterocycles. The van der Waals surface area contributed by atoms with Crippen molar-refractivity contribution in [2.75, 3.05) is 43.4 Å². The van der Waals surface area contributed by atoms with Crippen LogP contribution in [0.4, 0.5) is 11.6 Å². The standard InChI is InChI=1S/C18H21N7O/c1-13-16(25-6-4-3-5-15(25)21-13)17(26)22-14-11-19-18(20-12-14)24-9-7-23(2)8-10-24/h3-6,11-12H,7-10H2,1-2H3,(H,22,26). The van der Waals surface area contributed by atoms with Crippen LogP contribution in [-0.4, -0.2) is 63.4 Å². The molecule has 0 aromatic carbocycles. The minimum atomic E-state index is -0.225. The Labute approximate surface area is 151 Å². The minimum Gasteiger partial charge on any atom is -0.338 e. The van der Waals surface area contributed by atoms with Crippen molar-refractivity contribution < 1.29 is 4.79 Å². The molecule has 4 heterocycles. The van der Waals surface area contributed by atoms with Crippen LogP contribution in [0.2, 0.25) is 0 Å². The molecule has 3 aromatic rings. The lowest BCUT2D eigenvalue weighted by molar-refractivity contribution is 0.102. The number of pyridine rings is 1.